The highest BCUT2D eigenvalue weighted by Gasteiger charge is 2.50. The Bertz CT molecular complexity index is 568. The van der Waals surface area contributed by atoms with Gasteiger partial charge in [0.2, 0.25) is 5.91 Å². The van der Waals surface area contributed by atoms with E-state index in [1.54, 1.807) is 18.2 Å². The number of carbonyl (C=O) groups is 2. The molecular weight excluding hydrogens is 261 g/mol. The number of carbonyl (C=O) groups excluding carboxylic acids is 1. The Morgan fingerprint density at radius 1 is 1.30 bits per heavy atom. The van der Waals surface area contributed by atoms with E-state index in [0.29, 0.717) is 18.5 Å². The maximum absolute atomic E-state index is 13.8. The van der Waals surface area contributed by atoms with Crippen LogP contribution >= 0.6 is 0 Å². The van der Waals surface area contributed by atoms with Crippen molar-refractivity contribution in [2.45, 2.75) is 24.7 Å². The van der Waals surface area contributed by atoms with E-state index in [2.05, 4.69) is 5.32 Å². The molecule has 2 atom stereocenters. The van der Waals surface area contributed by atoms with Crippen LogP contribution in [0.1, 0.15) is 24.8 Å². The van der Waals surface area contributed by atoms with Crippen LogP contribution in [0.15, 0.2) is 24.3 Å². The summed E-state index contributed by atoms with van der Waals surface area (Å²) >= 11 is 0. The largest absolute Gasteiger partial charge is 0.481 e. The molecule has 2 fully saturated rings. The van der Waals surface area contributed by atoms with Crippen LogP contribution in [0.4, 0.5) is 4.39 Å². The molecule has 0 aliphatic heterocycles. The van der Waals surface area contributed by atoms with Crippen molar-refractivity contribution in [2.24, 2.45) is 11.8 Å². The maximum Gasteiger partial charge on any atom is 0.307 e. The third kappa shape index (κ3) is 2.28. The van der Waals surface area contributed by atoms with E-state index < -0.39 is 17.8 Å². The number of benzene rings is 1. The van der Waals surface area contributed by atoms with Gasteiger partial charge in [0.15, 0.2) is 0 Å². The minimum Gasteiger partial charge on any atom is -0.481 e. The number of hydrogen-bond acceptors (Lipinski definition) is 2. The van der Waals surface area contributed by atoms with Gasteiger partial charge >= 0.3 is 5.97 Å². The molecule has 1 aromatic rings. The van der Waals surface area contributed by atoms with Gasteiger partial charge in [0.1, 0.15) is 5.82 Å². The molecule has 0 spiro atoms. The maximum atomic E-state index is 13.8. The number of amides is 1. The predicted octanol–water partition coefficient (Wildman–Crippen LogP) is 1.69. The Morgan fingerprint density at radius 3 is 2.55 bits per heavy atom. The number of hydrogen-bond donors (Lipinski definition) is 2. The summed E-state index contributed by atoms with van der Waals surface area (Å²) in [5.74, 6) is -2.34. The molecule has 2 saturated carbocycles. The molecule has 0 saturated heterocycles. The highest BCUT2D eigenvalue weighted by Crippen LogP contribution is 2.48. The van der Waals surface area contributed by atoms with E-state index in [1.807, 2.05) is 0 Å². The van der Waals surface area contributed by atoms with Crippen molar-refractivity contribution in [1.82, 2.24) is 5.32 Å². The van der Waals surface area contributed by atoms with Crippen molar-refractivity contribution < 1.29 is 19.1 Å². The minimum absolute atomic E-state index is 0.222. The van der Waals surface area contributed by atoms with Crippen molar-refractivity contribution in [3.8, 4) is 0 Å². The molecule has 4 nitrogen and oxygen atoms in total. The van der Waals surface area contributed by atoms with E-state index in [9.17, 15) is 14.0 Å². The molecule has 0 radical (unpaired) electrons. The van der Waals surface area contributed by atoms with Crippen molar-refractivity contribution in [1.29, 1.82) is 0 Å². The topological polar surface area (TPSA) is 66.4 Å². The SMILES string of the molecule is O=C(O)[C@H]1C[C@H]1C(=O)NCC1(c2ccccc2F)CC1. The average Bonchev–Trinajstić information content (AvgIpc) is 3.30. The van der Waals surface area contributed by atoms with E-state index in [4.69, 9.17) is 5.11 Å². The molecule has 20 heavy (non-hydrogen) atoms. The second-order valence-corrected chi connectivity index (χ2v) is 5.76. The molecule has 2 aliphatic rings. The van der Waals surface area contributed by atoms with E-state index in [0.717, 1.165) is 12.8 Å². The third-order valence-electron chi connectivity index (χ3n) is 4.34. The van der Waals surface area contributed by atoms with Crippen LogP contribution in [0.2, 0.25) is 0 Å². The fourth-order valence-corrected chi connectivity index (χ4v) is 2.73. The Balaban J connectivity index is 1.60. The summed E-state index contributed by atoms with van der Waals surface area (Å²) in [6.07, 6.45) is 2.11. The molecule has 0 unspecified atom stereocenters. The summed E-state index contributed by atoms with van der Waals surface area (Å²) in [6, 6.07) is 6.63. The van der Waals surface area contributed by atoms with Gasteiger partial charge in [0.05, 0.1) is 11.8 Å². The van der Waals surface area contributed by atoms with Crippen molar-refractivity contribution in [3.05, 3.63) is 35.6 Å². The highest BCUT2D eigenvalue weighted by molar-refractivity contribution is 5.89. The van der Waals surface area contributed by atoms with Crippen LogP contribution in [0.5, 0.6) is 0 Å². The lowest BCUT2D eigenvalue weighted by Crippen LogP contribution is -2.34. The summed E-state index contributed by atoms with van der Waals surface area (Å²) in [5.41, 5.74) is 0.347. The smallest absolute Gasteiger partial charge is 0.307 e. The van der Waals surface area contributed by atoms with Gasteiger partial charge < -0.3 is 10.4 Å². The zero-order valence-electron chi connectivity index (χ0n) is 10.9. The van der Waals surface area contributed by atoms with E-state index >= 15 is 0 Å². The summed E-state index contributed by atoms with van der Waals surface area (Å²) in [7, 11) is 0. The number of aliphatic carboxylic acids is 1. The van der Waals surface area contributed by atoms with Crippen molar-refractivity contribution in [3.63, 3.8) is 0 Å². The number of carboxylic acids is 1. The summed E-state index contributed by atoms with van der Waals surface area (Å²) in [4.78, 5) is 22.6. The standard InChI is InChI=1S/C15H16FNO3/c16-12-4-2-1-3-11(12)15(5-6-15)8-17-13(18)9-7-10(9)14(19)20/h1-4,9-10H,5-8H2,(H,17,18)(H,19,20)/t9-,10+/m1/s1. The normalized spacial score (nSPS) is 25.9. The number of halogens is 1. The Labute approximate surface area is 116 Å². The molecule has 2 aliphatic carbocycles. The second-order valence-electron chi connectivity index (χ2n) is 5.76. The van der Waals surface area contributed by atoms with Gasteiger partial charge in [0, 0.05) is 12.0 Å². The van der Waals surface area contributed by atoms with Gasteiger partial charge in [-0.25, -0.2) is 4.39 Å². The van der Waals surface area contributed by atoms with Crippen LogP contribution in [-0.4, -0.2) is 23.5 Å². The van der Waals surface area contributed by atoms with E-state index in [1.165, 1.54) is 6.07 Å². The molecule has 0 heterocycles. The van der Waals surface area contributed by atoms with Gasteiger partial charge in [-0.2, -0.15) is 0 Å². The van der Waals surface area contributed by atoms with Gasteiger partial charge in [-0.3, -0.25) is 9.59 Å². The van der Waals surface area contributed by atoms with Crippen molar-refractivity contribution in [2.75, 3.05) is 6.54 Å². The monoisotopic (exact) mass is 277 g/mol. The molecule has 3 rings (SSSR count). The van der Waals surface area contributed by atoms with Crippen LogP contribution in [0.25, 0.3) is 0 Å². The first-order valence-corrected chi connectivity index (χ1v) is 6.79. The van der Waals surface area contributed by atoms with Crippen LogP contribution in [0.3, 0.4) is 0 Å². The Hall–Kier alpha value is -1.91. The minimum atomic E-state index is -0.916. The molecular formula is C15H16FNO3. The molecule has 1 amide bonds. The second kappa shape index (κ2) is 4.58. The molecule has 0 bridgehead atoms. The Morgan fingerprint density at radius 2 is 2.00 bits per heavy atom. The first-order chi connectivity index (χ1) is 9.53. The number of carboxylic acid groups (broad SMARTS) is 1. The summed E-state index contributed by atoms with van der Waals surface area (Å²) in [6.45, 7) is 0.385. The highest BCUT2D eigenvalue weighted by atomic mass is 19.1. The lowest BCUT2D eigenvalue weighted by atomic mass is 9.95. The van der Waals surface area contributed by atoms with Gasteiger partial charge in [-0.15, -0.1) is 0 Å². The molecule has 106 valence electrons. The predicted molar refractivity (Wildman–Crippen MR) is 69.6 cm³/mol. The molecule has 1 aromatic carbocycles. The number of rotatable bonds is 5. The first kappa shape index (κ1) is 13.1. The fourth-order valence-electron chi connectivity index (χ4n) is 2.73. The first-order valence-electron chi connectivity index (χ1n) is 6.79. The lowest BCUT2D eigenvalue weighted by Gasteiger charge is -2.17. The molecule has 5 heteroatoms. The van der Waals surface area contributed by atoms with Crippen molar-refractivity contribution >= 4 is 11.9 Å². The zero-order chi connectivity index (χ0) is 14.3. The lowest BCUT2D eigenvalue weighted by molar-refractivity contribution is -0.140. The number of nitrogens with one attached hydrogen (secondary N) is 1. The van der Waals surface area contributed by atoms with Crippen LogP contribution < -0.4 is 5.32 Å². The summed E-state index contributed by atoms with van der Waals surface area (Å²) in [5, 5.41) is 11.6. The van der Waals surface area contributed by atoms with Gasteiger partial charge in [0.25, 0.3) is 0 Å². The fraction of sp³-hybridized carbons (Fsp3) is 0.467. The van der Waals surface area contributed by atoms with Crippen LogP contribution in [-0.2, 0) is 15.0 Å². The molecule has 2 N–H and O–H groups in total. The van der Waals surface area contributed by atoms with Gasteiger partial charge in [-0.05, 0) is 30.9 Å². The third-order valence-corrected chi connectivity index (χ3v) is 4.34. The Kier molecular flexibility index (Phi) is 3.00. The zero-order valence-corrected chi connectivity index (χ0v) is 10.9. The average molecular weight is 277 g/mol. The van der Waals surface area contributed by atoms with Crippen LogP contribution in [0, 0.1) is 17.7 Å². The molecule has 0 aromatic heterocycles. The van der Waals surface area contributed by atoms with E-state index in [-0.39, 0.29) is 17.1 Å². The van der Waals surface area contributed by atoms with Gasteiger partial charge in [-0.1, -0.05) is 18.2 Å². The summed E-state index contributed by atoms with van der Waals surface area (Å²) < 4.78 is 13.8. The quantitative estimate of drug-likeness (QED) is 0.860.